The average molecular weight is 460 g/mol. The summed E-state index contributed by atoms with van der Waals surface area (Å²) in [6.45, 7) is 0.140. The molecule has 0 atom stereocenters. The number of carboxylic acids is 1. The molecule has 174 valence electrons. The number of amides is 2. The summed E-state index contributed by atoms with van der Waals surface area (Å²) in [7, 11) is 1.60. The van der Waals surface area contributed by atoms with Crippen LogP contribution in [-0.4, -0.2) is 45.0 Å². The van der Waals surface area contributed by atoms with Crippen LogP contribution in [0.4, 0.5) is 10.6 Å². The minimum Gasteiger partial charge on any atom is -0.481 e. The van der Waals surface area contributed by atoms with E-state index in [-0.39, 0.29) is 30.3 Å². The smallest absolute Gasteiger partial charge is 0.412 e. The van der Waals surface area contributed by atoms with Gasteiger partial charge in [0.05, 0.1) is 18.2 Å². The molecule has 1 saturated carbocycles. The zero-order valence-corrected chi connectivity index (χ0v) is 18.6. The number of aromatic nitrogens is 2. The number of carbonyl (C=O) groups is 3. The maximum Gasteiger partial charge on any atom is 0.412 e. The number of fused-ring (bicyclic) bond motifs is 3. The van der Waals surface area contributed by atoms with Crippen molar-refractivity contribution in [3.8, 4) is 11.1 Å². The summed E-state index contributed by atoms with van der Waals surface area (Å²) in [6.07, 6.45) is 1.69. The van der Waals surface area contributed by atoms with Crippen LogP contribution in [0, 0.1) is 0 Å². The molecule has 1 fully saturated rings. The standard InChI is InChI=1S/C25H24N4O5/c1-29-22(19(13-26-29)23(32)28-25(10-11-25)12-21(30)31)27-24(33)34-14-20-17-8-4-2-6-15(17)16-7-3-5-9-18(16)20/h2-9,13,20H,10-12,14H2,1H3,(H,27,33)(H,28,32)(H,30,31). The van der Waals surface area contributed by atoms with Gasteiger partial charge < -0.3 is 15.2 Å². The molecule has 5 rings (SSSR count). The number of benzene rings is 2. The van der Waals surface area contributed by atoms with Crippen molar-refractivity contribution in [2.24, 2.45) is 7.05 Å². The first-order valence-corrected chi connectivity index (χ1v) is 11.1. The SMILES string of the molecule is Cn1ncc(C(=O)NC2(CC(=O)O)CC2)c1NC(=O)OCC1c2ccccc2-c2ccccc21. The zero-order chi connectivity index (χ0) is 23.9. The second kappa shape index (κ2) is 8.33. The Morgan fingerprint density at radius 3 is 2.29 bits per heavy atom. The molecule has 2 aliphatic rings. The average Bonchev–Trinajstić information content (AvgIpc) is 3.33. The Morgan fingerprint density at radius 2 is 1.71 bits per heavy atom. The van der Waals surface area contributed by atoms with Gasteiger partial charge in [0.2, 0.25) is 0 Å². The van der Waals surface area contributed by atoms with E-state index < -0.39 is 23.5 Å². The van der Waals surface area contributed by atoms with Gasteiger partial charge in [-0.05, 0) is 35.1 Å². The number of aliphatic carboxylic acids is 1. The highest BCUT2D eigenvalue weighted by Crippen LogP contribution is 2.44. The topological polar surface area (TPSA) is 123 Å². The minimum atomic E-state index is -0.971. The number of hydrogen-bond donors (Lipinski definition) is 3. The highest BCUT2D eigenvalue weighted by molar-refractivity contribution is 6.02. The first kappa shape index (κ1) is 21.7. The lowest BCUT2D eigenvalue weighted by Gasteiger charge is -2.16. The van der Waals surface area contributed by atoms with E-state index in [1.54, 1.807) is 7.05 Å². The molecule has 9 nitrogen and oxygen atoms in total. The lowest BCUT2D eigenvalue weighted by atomic mass is 9.98. The van der Waals surface area contributed by atoms with Crippen molar-refractivity contribution in [3.05, 3.63) is 71.4 Å². The summed E-state index contributed by atoms with van der Waals surface area (Å²) in [6, 6.07) is 16.1. The van der Waals surface area contributed by atoms with Gasteiger partial charge in [-0.3, -0.25) is 19.6 Å². The van der Waals surface area contributed by atoms with Gasteiger partial charge in [0.25, 0.3) is 5.91 Å². The second-order valence-corrected chi connectivity index (χ2v) is 8.79. The number of hydrogen-bond acceptors (Lipinski definition) is 5. The van der Waals surface area contributed by atoms with Crippen LogP contribution in [0.3, 0.4) is 0 Å². The first-order chi connectivity index (χ1) is 16.4. The van der Waals surface area contributed by atoms with Crippen molar-refractivity contribution in [1.29, 1.82) is 0 Å². The van der Waals surface area contributed by atoms with Crippen LogP contribution in [0.2, 0.25) is 0 Å². The van der Waals surface area contributed by atoms with Crippen LogP contribution in [0.25, 0.3) is 11.1 Å². The number of aryl methyl sites for hydroxylation is 1. The fourth-order valence-electron chi connectivity index (χ4n) is 4.58. The Hall–Kier alpha value is -4.14. The molecule has 0 aliphatic heterocycles. The molecule has 1 aromatic heterocycles. The Morgan fingerprint density at radius 1 is 1.09 bits per heavy atom. The van der Waals surface area contributed by atoms with Crippen LogP contribution in [0.1, 0.15) is 46.7 Å². The van der Waals surface area contributed by atoms with Gasteiger partial charge in [0.1, 0.15) is 18.0 Å². The quantitative estimate of drug-likeness (QED) is 0.496. The van der Waals surface area contributed by atoms with E-state index in [9.17, 15) is 14.4 Å². The van der Waals surface area contributed by atoms with E-state index >= 15 is 0 Å². The van der Waals surface area contributed by atoms with Crippen molar-refractivity contribution in [2.75, 3.05) is 11.9 Å². The maximum absolute atomic E-state index is 12.8. The highest BCUT2D eigenvalue weighted by Gasteiger charge is 2.46. The Kier molecular flexibility index (Phi) is 5.31. The number of carbonyl (C=O) groups excluding carboxylic acids is 2. The molecular formula is C25H24N4O5. The number of carboxylic acid groups (broad SMARTS) is 1. The molecule has 2 amide bonds. The lowest BCUT2D eigenvalue weighted by molar-refractivity contribution is -0.137. The van der Waals surface area contributed by atoms with Gasteiger partial charge in [0, 0.05) is 13.0 Å². The van der Waals surface area contributed by atoms with Crippen molar-refractivity contribution < 1.29 is 24.2 Å². The predicted molar refractivity (Wildman–Crippen MR) is 124 cm³/mol. The summed E-state index contributed by atoms with van der Waals surface area (Å²) in [5.41, 5.74) is 3.88. The zero-order valence-electron chi connectivity index (χ0n) is 18.6. The van der Waals surface area contributed by atoms with E-state index in [1.165, 1.54) is 10.9 Å². The third kappa shape index (κ3) is 4.00. The van der Waals surface area contributed by atoms with E-state index in [2.05, 4.69) is 27.9 Å². The second-order valence-electron chi connectivity index (χ2n) is 8.79. The molecule has 3 aromatic rings. The van der Waals surface area contributed by atoms with E-state index in [0.29, 0.717) is 12.8 Å². The molecule has 0 saturated heterocycles. The highest BCUT2D eigenvalue weighted by atomic mass is 16.5. The fraction of sp³-hybridized carbons (Fsp3) is 0.280. The summed E-state index contributed by atoms with van der Waals surface area (Å²) in [4.78, 5) is 36.5. The summed E-state index contributed by atoms with van der Waals surface area (Å²) in [5, 5.41) is 18.5. The van der Waals surface area contributed by atoms with Gasteiger partial charge in [0.15, 0.2) is 0 Å². The molecule has 0 bridgehead atoms. The summed E-state index contributed by atoms with van der Waals surface area (Å²) < 4.78 is 6.94. The van der Waals surface area contributed by atoms with Gasteiger partial charge in [-0.1, -0.05) is 48.5 Å². The molecule has 1 heterocycles. The van der Waals surface area contributed by atoms with Gasteiger partial charge in [-0.2, -0.15) is 5.10 Å². The number of ether oxygens (including phenoxy) is 1. The Balaban J connectivity index is 1.27. The number of nitrogens with zero attached hydrogens (tertiary/aromatic N) is 2. The normalized spacial score (nSPS) is 15.2. The van der Waals surface area contributed by atoms with Crippen molar-refractivity contribution in [2.45, 2.75) is 30.7 Å². The Bertz CT molecular complexity index is 1250. The number of nitrogens with one attached hydrogen (secondary N) is 2. The molecule has 0 radical (unpaired) electrons. The number of anilines is 1. The molecule has 34 heavy (non-hydrogen) atoms. The molecule has 0 spiro atoms. The van der Waals surface area contributed by atoms with Crippen molar-refractivity contribution in [1.82, 2.24) is 15.1 Å². The van der Waals surface area contributed by atoms with Crippen LogP contribution in [0.5, 0.6) is 0 Å². The van der Waals surface area contributed by atoms with Gasteiger partial charge >= 0.3 is 12.1 Å². The molecular weight excluding hydrogens is 436 g/mol. The minimum absolute atomic E-state index is 0.0850. The molecule has 3 N–H and O–H groups in total. The van der Waals surface area contributed by atoms with E-state index in [1.807, 2.05) is 36.4 Å². The fourth-order valence-corrected chi connectivity index (χ4v) is 4.58. The van der Waals surface area contributed by atoms with Crippen LogP contribution in [-0.2, 0) is 16.6 Å². The first-order valence-electron chi connectivity index (χ1n) is 11.1. The molecule has 9 heteroatoms. The largest absolute Gasteiger partial charge is 0.481 e. The van der Waals surface area contributed by atoms with Crippen molar-refractivity contribution in [3.63, 3.8) is 0 Å². The van der Waals surface area contributed by atoms with Crippen LogP contribution < -0.4 is 10.6 Å². The summed E-state index contributed by atoms with van der Waals surface area (Å²) in [5.74, 6) is -1.36. The monoisotopic (exact) mass is 460 g/mol. The maximum atomic E-state index is 12.8. The van der Waals surface area contributed by atoms with Crippen LogP contribution in [0.15, 0.2) is 54.7 Å². The lowest BCUT2D eigenvalue weighted by Crippen LogP contribution is -2.38. The van der Waals surface area contributed by atoms with Gasteiger partial charge in [-0.15, -0.1) is 0 Å². The number of rotatable bonds is 7. The molecule has 0 unspecified atom stereocenters. The Labute approximate surface area is 195 Å². The van der Waals surface area contributed by atoms with E-state index in [0.717, 1.165) is 22.3 Å². The van der Waals surface area contributed by atoms with Crippen LogP contribution >= 0.6 is 0 Å². The van der Waals surface area contributed by atoms with Crippen molar-refractivity contribution >= 4 is 23.8 Å². The molecule has 2 aliphatic carbocycles. The van der Waals surface area contributed by atoms with Gasteiger partial charge in [-0.25, -0.2) is 4.79 Å². The summed E-state index contributed by atoms with van der Waals surface area (Å²) >= 11 is 0. The third-order valence-corrected chi connectivity index (χ3v) is 6.47. The predicted octanol–water partition coefficient (Wildman–Crippen LogP) is 3.52. The van der Waals surface area contributed by atoms with E-state index in [4.69, 9.17) is 9.84 Å². The third-order valence-electron chi connectivity index (χ3n) is 6.47. The molecule has 2 aromatic carbocycles.